The summed E-state index contributed by atoms with van der Waals surface area (Å²) in [5, 5.41) is 2.88. The molecule has 1 amide bonds. The minimum absolute atomic E-state index is 0.0705. The molecule has 3 heteroatoms. The summed E-state index contributed by atoms with van der Waals surface area (Å²) in [5.74, 6) is 0.787. The van der Waals surface area contributed by atoms with Gasteiger partial charge in [-0.05, 0) is 41.7 Å². The SMILES string of the molecule is Cc1ccccc1OCCNC(=O)c1ccc(C(C)(C)C)cc1. The Balaban J connectivity index is 1.82. The molecule has 0 spiro atoms. The van der Waals surface area contributed by atoms with Gasteiger partial charge in [0.25, 0.3) is 5.91 Å². The third kappa shape index (κ3) is 4.85. The number of aryl methyl sites for hydroxylation is 1. The lowest BCUT2D eigenvalue weighted by atomic mass is 9.87. The average Bonchev–Trinajstić information content (AvgIpc) is 2.52. The van der Waals surface area contributed by atoms with Gasteiger partial charge in [-0.3, -0.25) is 4.79 Å². The molecule has 0 atom stereocenters. The Bertz CT molecular complexity index is 654. The van der Waals surface area contributed by atoms with Gasteiger partial charge >= 0.3 is 0 Å². The third-order valence-corrected chi connectivity index (χ3v) is 3.75. The number of hydrogen-bond acceptors (Lipinski definition) is 2. The standard InChI is InChI=1S/C20H25NO2/c1-15-7-5-6-8-18(15)23-14-13-21-19(22)16-9-11-17(12-10-16)20(2,3)4/h5-12H,13-14H2,1-4H3,(H,21,22). The van der Waals surface area contributed by atoms with Crippen molar-refractivity contribution in [3.8, 4) is 5.75 Å². The van der Waals surface area contributed by atoms with Crippen LogP contribution >= 0.6 is 0 Å². The van der Waals surface area contributed by atoms with E-state index in [2.05, 4.69) is 26.1 Å². The normalized spacial score (nSPS) is 11.1. The van der Waals surface area contributed by atoms with Crippen molar-refractivity contribution >= 4 is 5.91 Å². The first-order valence-electron chi connectivity index (χ1n) is 7.95. The van der Waals surface area contributed by atoms with Crippen LogP contribution in [0.5, 0.6) is 5.75 Å². The van der Waals surface area contributed by atoms with E-state index in [-0.39, 0.29) is 11.3 Å². The Kier molecular flexibility index (Phi) is 5.43. The van der Waals surface area contributed by atoms with Gasteiger partial charge in [0.15, 0.2) is 0 Å². The highest BCUT2D eigenvalue weighted by atomic mass is 16.5. The Morgan fingerprint density at radius 3 is 2.30 bits per heavy atom. The van der Waals surface area contributed by atoms with Crippen LogP contribution in [0.25, 0.3) is 0 Å². The Morgan fingerprint density at radius 2 is 1.70 bits per heavy atom. The largest absolute Gasteiger partial charge is 0.491 e. The van der Waals surface area contributed by atoms with E-state index in [4.69, 9.17) is 4.74 Å². The summed E-state index contributed by atoms with van der Waals surface area (Å²) in [7, 11) is 0. The molecule has 0 fully saturated rings. The van der Waals surface area contributed by atoms with Crippen LogP contribution in [0.1, 0.15) is 42.3 Å². The van der Waals surface area contributed by atoms with Crippen LogP contribution in [0.4, 0.5) is 0 Å². The fourth-order valence-corrected chi connectivity index (χ4v) is 2.27. The second-order valence-corrected chi connectivity index (χ2v) is 6.70. The average molecular weight is 311 g/mol. The van der Waals surface area contributed by atoms with Crippen LogP contribution in [0.2, 0.25) is 0 Å². The molecule has 0 bridgehead atoms. The van der Waals surface area contributed by atoms with Crippen molar-refractivity contribution in [2.45, 2.75) is 33.1 Å². The van der Waals surface area contributed by atoms with Gasteiger partial charge in [0.1, 0.15) is 12.4 Å². The number of hydrogen-bond donors (Lipinski definition) is 1. The van der Waals surface area contributed by atoms with Crippen molar-refractivity contribution in [2.24, 2.45) is 0 Å². The maximum absolute atomic E-state index is 12.1. The highest BCUT2D eigenvalue weighted by molar-refractivity contribution is 5.94. The summed E-state index contributed by atoms with van der Waals surface area (Å²) < 4.78 is 5.67. The van der Waals surface area contributed by atoms with Crippen LogP contribution in [0.15, 0.2) is 48.5 Å². The Morgan fingerprint density at radius 1 is 1.04 bits per heavy atom. The summed E-state index contributed by atoms with van der Waals surface area (Å²) in [5.41, 5.74) is 3.08. The summed E-state index contributed by atoms with van der Waals surface area (Å²) in [6.45, 7) is 9.41. The molecule has 0 saturated heterocycles. The second-order valence-electron chi connectivity index (χ2n) is 6.70. The molecule has 2 aromatic rings. The molecule has 1 N–H and O–H groups in total. The van der Waals surface area contributed by atoms with E-state index in [9.17, 15) is 4.79 Å². The van der Waals surface area contributed by atoms with Crippen molar-refractivity contribution in [3.05, 3.63) is 65.2 Å². The van der Waals surface area contributed by atoms with Crippen LogP contribution in [0.3, 0.4) is 0 Å². The molecule has 0 aliphatic heterocycles. The maximum atomic E-state index is 12.1. The van der Waals surface area contributed by atoms with Gasteiger partial charge in [0.2, 0.25) is 0 Å². The summed E-state index contributed by atoms with van der Waals surface area (Å²) >= 11 is 0. The van der Waals surface area contributed by atoms with Crippen LogP contribution < -0.4 is 10.1 Å². The van der Waals surface area contributed by atoms with Gasteiger partial charge in [0, 0.05) is 5.56 Å². The molecular formula is C20H25NO2. The number of rotatable bonds is 5. The molecule has 2 rings (SSSR count). The maximum Gasteiger partial charge on any atom is 0.251 e. The smallest absolute Gasteiger partial charge is 0.251 e. The number of ether oxygens (including phenoxy) is 1. The summed E-state index contributed by atoms with van der Waals surface area (Å²) in [4.78, 5) is 12.1. The molecule has 0 saturated carbocycles. The van der Waals surface area contributed by atoms with Crippen molar-refractivity contribution in [1.82, 2.24) is 5.32 Å². The van der Waals surface area contributed by atoms with Crippen molar-refractivity contribution in [2.75, 3.05) is 13.2 Å². The molecule has 0 heterocycles. The summed E-state index contributed by atoms with van der Waals surface area (Å²) in [6.07, 6.45) is 0. The lowest BCUT2D eigenvalue weighted by Crippen LogP contribution is -2.28. The van der Waals surface area contributed by atoms with Crippen molar-refractivity contribution in [3.63, 3.8) is 0 Å². The van der Waals surface area contributed by atoms with Crippen LogP contribution in [-0.2, 0) is 5.41 Å². The zero-order chi connectivity index (χ0) is 16.9. The predicted molar refractivity (Wildman–Crippen MR) is 94.1 cm³/mol. The number of carbonyl (C=O) groups excluding carboxylic acids is 1. The lowest BCUT2D eigenvalue weighted by molar-refractivity contribution is 0.0947. The van der Waals surface area contributed by atoms with Gasteiger partial charge in [-0.25, -0.2) is 0 Å². The Hall–Kier alpha value is -2.29. The first-order valence-corrected chi connectivity index (χ1v) is 7.95. The molecule has 2 aromatic carbocycles. The first-order chi connectivity index (χ1) is 10.9. The van der Waals surface area contributed by atoms with E-state index < -0.39 is 0 Å². The second kappa shape index (κ2) is 7.32. The number of nitrogens with one attached hydrogen (secondary N) is 1. The minimum Gasteiger partial charge on any atom is -0.491 e. The monoisotopic (exact) mass is 311 g/mol. The van der Waals surface area contributed by atoms with Gasteiger partial charge in [-0.15, -0.1) is 0 Å². The molecule has 0 aliphatic carbocycles. The van der Waals surface area contributed by atoms with Gasteiger partial charge in [0.05, 0.1) is 6.54 Å². The molecular weight excluding hydrogens is 286 g/mol. The van der Waals surface area contributed by atoms with E-state index in [0.29, 0.717) is 18.7 Å². The van der Waals surface area contributed by atoms with E-state index in [0.717, 1.165) is 11.3 Å². The molecule has 0 aromatic heterocycles. The van der Waals surface area contributed by atoms with Gasteiger partial charge < -0.3 is 10.1 Å². The van der Waals surface area contributed by atoms with Crippen molar-refractivity contribution < 1.29 is 9.53 Å². The fraction of sp³-hybridized carbons (Fsp3) is 0.350. The predicted octanol–water partition coefficient (Wildman–Crippen LogP) is 4.10. The highest BCUT2D eigenvalue weighted by Crippen LogP contribution is 2.22. The number of carbonyl (C=O) groups is 1. The Labute approximate surface area is 138 Å². The number of amides is 1. The lowest BCUT2D eigenvalue weighted by Gasteiger charge is -2.19. The molecule has 0 aliphatic rings. The van der Waals surface area contributed by atoms with E-state index in [1.165, 1.54) is 5.56 Å². The quantitative estimate of drug-likeness (QED) is 0.844. The van der Waals surface area contributed by atoms with E-state index in [1.54, 1.807) is 0 Å². The van der Waals surface area contributed by atoms with Crippen molar-refractivity contribution in [1.29, 1.82) is 0 Å². The van der Waals surface area contributed by atoms with Crippen LogP contribution in [0, 0.1) is 6.92 Å². The molecule has 0 radical (unpaired) electrons. The molecule has 3 nitrogen and oxygen atoms in total. The minimum atomic E-state index is -0.0705. The zero-order valence-electron chi connectivity index (χ0n) is 14.3. The molecule has 122 valence electrons. The zero-order valence-corrected chi connectivity index (χ0v) is 14.3. The summed E-state index contributed by atoms with van der Waals surface area (Å²) in [6, 6.07) is 15.6. The molecule has 23 heavy (non-hydrogen) atoms. The number of benzene rings is 2. The van der Waals surface area contributed by atoms with E-state index in [1.807, 2.05) is 55.5 Å². The fourth-order valence-electron chi connectivity index (χ4n) is 2.27. The van der Waals surface area contributed by atoms with E-state index >= 15 is 0 Å². The van der Waals surface area contributed by atoms with Crippen LogP contribution in [-0.4, -0.2) is 19.1 Å². The van der Waals surface area contributed by atoms with Gasteiger partial charge in [-0.1, -0.05) is 51.1 Å². The topological polar surface area (TPSA) is 38.3 Å². The number of para-hydroxylation sites is 1. The van der Waals surface area contributed by atoms with Gasteiger partial charge in [-0.2, -0.15) is 0 Å². The molecule has 0 unspecified atom stereocenters. The third-order valence-electron chi connectivity index (χ3n) is 3.75. The first kappa shape index (κ1) is 17.1. The highest BCUT2D eigenvalue weighted by Gasteiger charge is 2.14.